The molecule has 1 aromatic rings. The Balaban J connectivity index is 3.27. The molecule has 0 saturated carbocycles. The lowest BCUT2D eigenvalue weighted by Crippen LogP contribution is -2.23. The van der Waals surface area contributed by atoms with Crippen molar-refractivity contribution in [2.75, 3.05) is 0 Å². The number of aromatic nitrogens is 2. The highest BCUT2D eigenvalue weighted by atomic mass is 35.5. The number of carbonyl (C=O) groups excluding carboxylic acids is 1. The third kappa shape index (κ3) is 2.40. The Morgan fingerprint density at radius 2 is 2.07 bits per heavy atom. The fourth-order valence-electron chi connectivity index (χ4n) is 1.43. The lowest BCUT2D eigenvalue weighted by Gasteiger charge is -2.20. The standard InChI is InChI=1S/C11H17ClN2O/c1-5-6-9-8(7-15)10(12)14(13-9)11(2,3)4/h7H,5-6H2,1-4H3. The smallest absolute Gasteiger partial charge is 0.155 e. The van der Waals surface area contributed by atoms with Crippen molar-refractivity contribution in [1.82, 2.24) is 9.78 Å². The Kier molecular flexibility index (Phi) is 3.55. The third-order valence-electron chi connectivity index (χ3n) is 2.18. The minimum absolute atomic E-state index is 0.194. The number of aryl methyl sites for hydroxylation is 1. The molecule has 0 unspecified atom stereocenters. The van der Waals surface area contributed by atoms with Crippen LogP contribution in [-0.2, 0) is 12.0 Å². The molecule has 1 aromatic heterocycles. The van der Waals surface area contributed by atoms with E-state index >= 15 is 0 Å². The van der Waals surface area contributed by atoms with Crippen LogP contribution >= 0.6 is 11.6 Å². The molecule has 0 atom stereocenters. The lowest BCUT2D eigenvalue weighted by molar-refractivity contribution is 0.112. The zero-order valence-electron chi connectivity index (χ0n) is 9.67. The second-order valence-corrected chi connectivity index (χ2v) is 4.96. The Hall–Kier alpha value is -0.830. The predicted molar refractivity (Wildman–Crippen MR) is 61.6 cm³/mol. The first-order valence-electron chi connectivity index (χ1n) is 5.14. The second kappa shape index (κ2) is 4.35. The molecule has 0 bridgehead atoms. The highest BCUT2D eigenvalue weighted by Crippen LogP contribution is 2.25. The van der Waals surface area contributed by atoms with Crippen molar-refractivity contribution >= 4 is 17.9 Å². The van der Waals surface area contributed by atoms with Gasteiger partial charge in [0, 0.05) is 0 Å². The molecule has 15 heavy (non-hydrogen) atoms. The molecule has 0 aliphatic carbocycles. The largest absolute Gasteiger partial charge is 0.298 e. The number of nitrogens with zero attached hydrogens (tertiary/aromatic N) is 2. The Labute approximate surface area is 95.4 Å². The van der Waals surface area contributed by atoms with Gasteiger partial charge in [-0.2, -0.15) is 5.10 Å². The Morgan fingerprint density at radius 3 is 2.47 bits per heavy atom. The Bertz CT molecular complexity index is 363. The minimum Gasteiger partial charge on any atom is -0.298 e. The highest BCUT2D eigenvalue weighted by molar-refractivity contribution is 6.32. The van der Waals surface area contributed by atoms with Crippen LogP contribution in [0.1, 0.15) is 50.2 Å². The highest BCUT2D eigenvalue weighted by Gasteiger charge is 2.22. The van der Waals surface area contributed by atoms with E-state index in [9.17, 15) is 4.79 Å². The van der Waals surface area contributed by atoms with Crippen molar-refractivity contribution in [3.63, 3.8) is 0 Å². The molecule has 0 amide bonds. The van der Waals surface area contributed by atoms with Crippen molar-refractivity contribution in [3.05, 3.63) is 16.4 Å². The van der Waals surface area contributed by atoms with Crippen LogP contribution in [0.2, 0.25) is 5.15 Å². The third-order valence-corrected chi connectivity index (χ3v) is 2.54. The van der Waals surface area contributed by atoms with Crippen LogP contribution in [0.4, 0.5) is 0 Å². The Morgan fingerprint density at radius 1 is 1.47 bits per heavy atom. The second-order valence-electron chi connectivity index (χ2n) is 4.60. The van der Waals surface area contributed by atoms with Gasteiger partial charge in [0.25, 0.3) is 0 Å². The normalized spacial score (nSPS) is 11.8. The summed E-state index contributed by atoms with van der Waals surface area (Å²) in [6.45, 7) is 8.08. The number of hydrogen-bond acceptors (Lipinski definition) is 2. The van der Waals surface area contributed by atoms with Crippen molar-refractivity contribution in [2.45, 2.75) is 46.1 Å². The summed E-state index contributed by atoms with van der Waals surface area (Å²) in [5, 5.41) is 4.84. The lowest BCUT2D eigenvalue weighted by atomic mass is 10.1. The minimum atomic E-state index is -0.194. The number of aldehydes is 1. The molecule has 0 spiro atoms. The van der Waals surface area contributed by atoms with E-state index in [2.05, 4.69) is 12.0 Å². The van der Waals surface area contributed by atoms with Gasteiger partial charge in [0.05, 0.1) is 16.8 Å². The fraction of sp³-hybridized carbons (Fsp3) is 0.636. The SMILES string of the molecule is CCCc1nn(C(C)(C)C)c(Cl)c1C=O. The van der Waals surface area contributed by atoms with Crippen molar-refractivity contribution in [1.29, 1.82) is 0 Å². The summed E-state index contributed by atoms with van der Waals surface area (Å²) in [4.78, 5) is 10.9. The van der Waals surface area contributed by atoms with Gasteiger partial charge >= 0.3 is 0 Å². The molecule has 0 saturated heterocycles. The molecule has 0 fully saturated rings. The van der Waals surface area contributed by atoms with E-state index in [-0.39, 0.29) is 5.54 Å². The first-order valence-corrected chi connectivity index (χ1v) is 5.52. The van der Waals surface area contributed by atoms with E-state index in [1.54, 1.807) is 4.68 Å². The van der Waals surface area contributed by atoms with Gasteiger partial charge in [-0.05, 0) is 27.2 Å². The molecule has 0 aromatic carbocycles. The van der Waals surface area contributed by atoms with Crippen LogP contribution in [-0.4, -0.2) is 16.1 Å². The fourth-order valence-corrected chi connectivity index (χ4v) is 1.88. The van der Waals surface area contributed by atoms with E-state index < -0.39 is 0 Å². The number of halogens is 1. The molecular weight excluding hydrogens is 212 g/mol. The zero-order valence-corrected chi connectivity index (χ0v) is 10.4. The zero-order chi connectivity index (χ0) is 11.6. The van der Waals surface area contributed by atoms with E-state index in [0.29, 0.717) is 10.7 Å². The van der Waals surface area contributed by atoms with E-state index in [0.717, 1.165) is 24.8 Å². The molecule has 84 valence electrons. The van der Waals surface area contributed by atoms with E-state index in [1.165, 1.54) is 0 Å². The number of hydrogen-bond donors (Lipinski definition) is 0. The maximum atomic E-state index is 10.9. The van der Waals surface area contributed by atoms with Gasteiger partial charge in [-0.3, -0.25) is 4.79 Å². The molecule has 4 heteroatoms. The van der Waals surface area contributed by atoms with Crippen LogP contribution in [0.15, 0.2) is 0 Å². The molecule has 0 radical (unpaired) electrons. The van der Waals surface area contributed by atoms with Gasteiger partial charge in [-0.1, -0.05) is 24.9 Å². The molecule has 1 rings (SSSR count). The van der Waals surface area contributed by atoms with Crippen molar-refractivity contribution < 1.29 is 4.79 Å². The van der Waals surface area contributed by atoms with Gasteiger partial charge in [0.2, 0.25) is 0 Å². The average Bonchev–Trinajstić information content (AvgIpc) is 2.42. The molecule has 3 nitrogen and oxygen atoms in total. The van der Waals surface area contributed by atoms with Crippen LogP contribution in [0.3, 0.4) is 0 Å². The first-order chi connectivity index (χ1) is 6.91. The summed E-state index contributed by atoms with van der Waals surface area (Å²) in [7, 11) is 0. The summed E-state index contributed by atoms with van der Waals surface area (Å²) >= 11 is 6.12. The summed E-state index contributed by atoms with van der Waals surface area (Å²) in [6.07, 6.45) is 2.54. The summed E-state index contributed by atoms with van der Waals surface area (Å²) in [5.41, 5.74) is 1.14. The molecule has 1 heterocycles. The van der Waals surface area contributed by atoms with Crippen LogP contribution in [0.5, 0.6) is 0 Å². The number of rotatable bonds is 3. The van der Waals surface area contributed by atoms with Crippen LogP contribution in [0.25, 0.3) is 0 Å². The topological polar surface area (TPSA) is 34.9 Å². The maximum absolute atomic E-state index is 10.9. The maximum Gasteiger partial charge on any atom is 0.155 e. The molecule has 0 N–H and O–H groups in total. The van der Waals surface area contributed by atoms with Gasteiger partial charge in [0.15, 0.2) is 6.29 Å². The van der Waals surface area contributed by atoms with Crippen molar-refractivity contribution in [3.8, 4) is 0 Å². The van der Waals surface area contributed by atoms with Gasteiger partial charge in [0.1, 0.15) is 5.15 Å². The molecule has 0 aliphatic rings. The molecule has 0 aliphatic heterocycles. The van der Waals surface area contributed by atoms with Crippen molar-refractivity contribution in [2.24, 2.45) is 0 Å². The number of carbonyl (C=O) groups is 1. The van der Waals surface area contributed by atoms with E-state index in [1.807, 2.05) is 20.8 Å². The first kappa shape index (κ1) is 12.2. The predicted octanol–water partition coefficient (Wildman–Crippen LogP) is 3.06. The quantitative estimate of drug-likeness (QED) is 0.746. The van der Waals surface area contributed by atoms with Gasteiger partial charge < -0.3 is 0 Å². The summed E-state index contributed by atoms with van der Waals surface area (Å²) < 4.78 is 1.71. The van der Waals surface area contributed by atoms with E-state index in [4.69, 9.17) is 11.6 Å². The van der Waals surface area contributed by atoms with Crippen LogP contribution < -0.4 is 0 Å². The summed E-state index contributed by atoms with van der Waals surface area (Å²) in [5.74, 6) is 0. The monoisotopic (exact) mass is 228 g/mol. The van der Waals surface area contributed by atoms with Gasteiger partial charge in [-0.15, -0.1) is 0 Å². The summed E-state index contributed by atoms with van der Waals surface area (Å²) in [6, 6.07) is 0. The molecular formula is C11H17ClN2O. The average molecular weight is 229 g/mol. The van der Waals surface area contributed by atoms with Crippen LogP contribution in [0, 0.1) is 0 Å². The van der Waals surface area contributed by atoms with Gasteiger partial charge in [-0.25, -0.2) is 4.68 Å².